The van der Waals surface area contributed by atoms with Crippen molar-refractivity contribution in [2.45, 2.75) is 38.5 Å². The predicted octanol–water partition coefficient (Wildman–Crippen LogP) is 2.10. The molecule has 0 aliphatic heterocycles. The summed E-state index contributed by atoms with van der Waals surface area (Å²) in [5.74, 6) is -0.0464. The van der Waals surface area contributed by atoms with E-state index in [0.717, 1.165) is 19.9 Å². The van der Waals surface area contributed by atoms with E-state index in [-0.39, 0.29) is 24.5 Å². The van der Waals surface area contributed by atoms with Gasteiger partial charge in [0.05, 0.1) is 11.5 Å². The van der Waals surface area contributed by atoms with Gasteiger partial charge in [0, 0.05) is 6.61 Å². The van der Waals surface area contributed by atoms with Crippen molar-refractivity contribution in [3.63, 3.8) is 0 Å². The molecule has 0 saturated carbocycles. The van der Waals surface area contributed by atoms with E-state index in [1.807, 2.05) is 19.0 Å². The molecule has 0 spiro atoms. The SMILES string of the molecule is CC(OCCCS(=O)(=O)CCCCN(C)C)C(F)(F)F. The van der Waals surface area contributed by atoms with Gasteiger partial charge in [0.1, 0.15) is 9.84 Å². The smallest absolute Gasteiger partial charge is 0.369 e. The van der Waals surface area contributed by atoms with Crippen LogP contribution in [0, 0.1) is 0 Å². The second-order valence-electron chi connectivity index (χ2n) is 5.07. The molecule has 0 amide bonds. The average molecular weight is 319 g/mol. The highest BCUT2D eigenvalue weighted by molar-refractivity contribution is 7.91. The van der Waals surface area contributed by atoms with Crippen LogP contribution in [0.1, 0.15) is 26.2 Å². The standard InChI is InChI=1S/C12H24F3NO3S/c1-11(12(13,14)15)19-8-6-10-20(17,18)9-5-4-7-16(2)3/h11H,4-10H2,1-3H3. The number of sulfone groups is 1. The van der Waals surface area contributed by atoms with Crippen molar-refractivity contribution in [1.29, 1.82) is 0 Å². The molecule has 0 saturated heterocycles. The maximum absolute atomic E-state index is 12.1. The van der Waals surface area contributed by atoms with Crippen LogP contribution in [0.3, 0.4) is 0 Å². The molecule has 0 heterocycles. The number of hydrogen-bond donors (Lipinski definition) is 0. The monoisotopic (exact) mass is 319 g/mol. The quantitative estimate of drug-likeness (QED) is 0.579. The van der Waals surface area contributed by atoms with Crippen molar-refractivity contribution in [2.24, 2.45) is 0 Å². The molecule has 122 valence electrons. The minimum absolute atomic E-state index is 0.0790. The normalized spacial score (nSPS) is 14.8. The molecule has 0 bridgehead atoms. The lowest BCUT2D eigenvalue weighted by molar-refractivity contribution is -0.213. The third-order valence-electron chi connectivity index (χ3n) is 2.74. The topological polar surface area (TPSA) is 46.6 Å². The minimum Gasteiger partial charge on any atom is -0.369 e. The minimum atomic E-state index is -4.40. The molecule has 1 unspecified atom stereocenters. The summed E-state index contributed by atoms with van der Waals surface area (Å²) in [7, 11) is 0.628. The fraction of sp³-hybridized carbons (Fsp3) is 1.00. The van der Waals surface area contributed by atoms with Crippen LogP contribution in [0.2, 0.25) is 0 Å². The van der Waals surface area contributed by atoms with Gasteiger partial charge in [0.2, 0.25) is 0 Å². The molecule has 0 rings (SSSR count). The zero-order chi connectivity index (χ0) is 15.8. The first-order valence-corrected chi connectivity index (χ1v) is 8.40. The van der Waals surface area contributed by atoms with Crippen LogP contribution in [0.25, 0.3) is 0 Å². The van der Waals surface area contributed by atoms with Crippen molar-refractivity contribution >= 4 is 9.84 Å². The fourth-order valence-corrected chi connectivity index (χ4v) is 2.89. The third-order valence-corrected chi connectivity index (χ3v) is 4.56. The zero-order valence-corrected chi connectivity index (χ0v) is 13.1. The van der Waals surface area contributed by atoms with Crippen LogP contribution in [-0.2, 0) is 14.6 Å². The van der Waals surface area contributed by atoms with Crippen LogP contribution in [0.5, 0.6) is 0 Å². The highest BCUT2D eigenvalue weighted by Crippen LogP contribution is 2.22. The molecule has 0 aliphatic carbocycles. The third kappa shape index (κ3) is 10.4. The second-order valence-corrected chi connectivity index (χ2v) is 7.37. The van der Waals surface area contributed by atoms with Gasteiger partial charge in [-0.05, 0) is 46.8 Å². The summed E-state index contributed by atoms with van der Waals surface area (Å²) in [6.45, 7) is 1.54. The molecular weight excluding hydrogens is 295 g/mol. The molecule has 0 aromatic carbocycles. The maximum Gasteiger partial charge on any atom is 0.414 e. The molecule has 0 N–H and O–H groups in total. The van der Waals surface area contributed by atoms with Crippen molar-refractivity contribution in [3.05, 3.63) is 0 Å². The first-order chi connectivity index (χ1) is 9.04. The summed E-state index contributed by atoms with van der Waals surface area (Å²) >= 11 is 0. The molecule has 0 aromatic heterocycles. The number of hydrogen-bond acceptors (Lipinski definition) is 4. The van der Waals surface area contributed by atoms with Crippen molar-refractivity contribution < 1.29 is 26.3 Å². The lowest BCUT2D eigenvalue weighted by Gasteiger charge is -2.16. The summed E-state index contributed by atoms with van der Waals surface area (Å²) in [4.78, 5) is 1.97. The number of alkyl halides is 3. The van der Waals surface area contributed by atoms with E-state index in [1.165, 1.54) is 0 Å². The van der Waals surface area contributed by atoms with Gasteiger partial charge in [-0.2, -0.15) is 13.2 Å². The summed E-state index contributed by atoms with van der Waals surface area (Å²) in [6.07, 6.45) is -4.80. The van der Waals surface area contributed by atoms with Gasteiger partial charge in [0.25, 0.3) is 0 Å². The summed E-state index contributed by atoms with van der Waals surface area (Å²) in [5, 5.41) is 0. The maximum atomic E-state index is 12.1. The number of unbranched alkanes of at least 4 members (excludes halogenated alkanes) is 1. The van der Waals surface area contributed by atoms with Crippen molar-refractivity contribution in [1.82, 2.24) is 4.90 Å². The lowest BCUT2D eigenvalue weighted by atomic mass is 10.3. The van der Waals surface area contributed by atoms with Crippen LogP contribution in [0.4, 0.5) is 13.2 Å². The number of rotatable bonds is 10. The highest BCUT2D eigenvalue weighted by atomic mass is 32.2. The van der Waals surface area contributed by atoms with Gasteiger partial charge in [-0.25, -0.2) is 8.42 Å². The highest BCUT2D eigenvalue weighted by Gasteiger charge is 2.36. The Balaban J connectivity index is 3.78. The van der Waals surface area contributed by atoms with Gasteiger partial charge >= 0.3 is 6.18 Å². The van der Waals surface area contributed by atoms with E-state index in [9.17, 15) is 21.6 Å². The van der Waals surface area contributed by atoms with Crippen LogP contribution in [-0.4, -0.2) is 64.4 Å². The van der Waals surface area contributed by atoms with Gasteiger partial charge < -0.3 is 9.64 Å². The first kappa shape index (κ1) is 19.7. The van der Waals surface area contributed by atoms with E-state index >= 15 is 0 Å². The van der Waals surface area contributed by atoms with E-state index in [1.54, 1.807) is 0 Å². The van der Waals surface area contributed by atoms with Crippen molar-refractivity contribution in [3.8, 4) is 0 Å². The Hall–Kier alpha value is -0.340. The molecule has 0 fully saturated rings. The molecule has 1 atom stereocenters. The van der Waals surface area contributed by atoms with Crippen molar-refractivity contribution in [2.75, 3.05) is 38.8 Å². The Morgan fingerprint density at radius 1 is 1.10 bits per heavy atom. The Morgan fingerprint density at radius 2 is 1.65 bits per heavy atom. The summed E-state index contributed by atoms with van der Waals surface area (Å²) in [6, 6.07) is 0. The Labute approximate surface area is 119 Å². The van der Waals surface area contributed by atoms with E-state index in [4.69, 9.17) is 0 Å². The Morgan fingerprint density at radius 3 is 2.15 bits per heavy atom. The number of nitrogens with zero attached hydrogens (tertiary/aromatic N) is 1. The van der Waals surface area contributed by atoms with Gasteiger partial charge in [-0.3, -0.25) is 0 Å². The van der Waals surface area contributed by atoms with Gasteiger partial charge in [0.15, 0.2) is 6.10 Å². The molecule has 0 aliphatic rings. The molecule has 4 nitrogen and oxygen atoms in total. The second kappa shape index (κ2) is 8.84. The van der Waals surface area contributed by atoms with Crippen LogP contribution < -0.4 is 0 Å². The Bertz CT molecular complexity index is 355. The molecule has 0 aromatic rings. The molecular formula is C12H24F3NO3S. The molecule has 20 heavy (non-hydrogen) atoms. The number of halogens is 3. The Kier molecular flexibility index (Phi) is 8.69. The summed E-state index contributed by atoms with van der Waals surface area (Å²) < 4.78 is 64.2. The largest absolute Gasteiger partial charge is 0.414 e. The van der Waals surface area contributed by atoms with E-state index in [2.05, 4.69) is 4.74 Å². The predicted molar refractivity (Wildman–Crippen MR) is 72.5 cm³/mol. The lowest BCUT2D eigenvalue weighted by Crippen LogP contribution is -2.29. The van der Waals surface area contributed by atoms with Gasteiger partial charge in [-0.1, -0.05) is 0 Å². The van der Waals surface area contributed by atoms with E-state index in [0.29, 0.717) is 6.42 Å². The summed E-state index contributed by atoms with van der Waals surface area (Å²) in [5.41, 5.74) is 0. The fourth-order valence-electron chi connectivity index (χ4n) is 1.49. The van der Waals surface area contributed by atoms with Gasteiger partial charge in [-0.15, -0.1) is 0 Å². The molecule has 0 radical (unpaired) electrons. The average Bonchev–Trinajstić information content (AvgIpc) is 2.28. The first-order valence-electron chi connectivity index (χ1n) is 6.58. The zero-order valence-electron chi connectivity index (χ0n) is 12.2. The van der Waals surface area contributed by atoms with Crippen LogP contribution >= 0.6 is 0 Å². The van der Waals surface area contributed by atoms with E-state index < -0.39 is 22.1 Å². The molecule has 8 heteroatoms. The van der Waals surface area contributed by atoms with Crippen LogP contribution in [0.15, 0.2) is 0 Å². The number of ether oxygens (including phenoxy) is 1.